The molecule has 0 aliphatic carbocycles. The Bertz CT molecular complexity index is 1120. The second kappa shape index (κ2) is 8.32. The number of benzene rings is 2. The SMILES string of the molecule is O=C(COC(=O)c1sc2cc(Cl)ccc2c1Cl)Nc1ccc(Cl)c([N+](=O)[O-])c1. The van der Waals surface area contributed by atoms with Crippen molar-refractivity contribution < 1.29 is 19.2 Å². The summed E-state index contributed by atoms with van der Waals surface area (Å²) in [5.74, 6) is -1.44. The number of nitrogens with zero attached hydrogens (tertiary/aromatic N) is 1. The second-order valence-corrected chi connectivity index (χ2v) is 7.71. The van der Waals surface area contributed by atoms with Gasteiger partial charge >= 0.3 is 5.97 Å². The number of hydrogen-bond donors (Lipinski definition) is 1. The average Bonchev–Trinajstić information content (AvgIpc) is 2.97. The van der Waals surface area contributed by atoms with E-state index in [1.165, 1.54) is 12.1 Å². The van der Waals surface area contributed by atoms with Crippen LogP contribution in [0, 0.1) is 10.1 Å². The molecule has 2 aromatic carbocycles. The van der Waals surface area contributed by atoms with Crippen molar-refractivity contribution >= 4 is 79.5 Å². The Morgan fingerprint density at radius 2 is 1.89 bits per heavy atom. The number of anilines is 1. The molecule has 0 aliphatic heterocycles. The van der Waals surface area contributed by atoms with E-state index in [0.717, 1.165) is 17.4 Å². The smallest absolute Gasteiger partial charge is 0.350 e. The molecule has 1 amide bonds. The molecule has 0 saturated heterocycles. The molecule has 0 atom stereocenters. The number of thiophene rings is 1. The topological polar surface area (TPSA) is 98.5 Å². The van der Waals surface area contributed by atoms with E-state index in [2.05, 4.69) is 5.32 Å². The van der Waals surface area contributed by atoms with Gasteiger partial charge in [0.2, 0.25) is 0 Å². The Morgan fingerprint density at radius 3 is 2.61 bits per heavy atom. The summed E-state index contributed by atoms with van der Waals surface area (Å²) in [5.41, 5.74) is -0.209. The summed E-state index contributed by atoms with van der Waals surface area (Å²) >= 11 is 18.9. The van der Waals surface area contributed by atoms with Crippen LogP contribution in [0.5, 0.6) is 0 Å². The molecule has 144 valence electrons. The van der Waals surface area contributed by atoms with E-state index in [0.29, 0.717) is 15.1 Å². The quantitative estimate of drug-likeness (QED) is 0.306. The van der Waals surface area contributed by atoms with Crippen LogP contribution in [-0.2, 0) is 9.53 Å². The fraction of sp³-hybridized carbons (Fsp3) is 0.0588. The lowest BCUT2D eigenvalue weighted by Gasteiger charge is -2.06. The van der Waals surface area contributed by atoms with Gasteiger partial charge in [-0.25, -0.2) is 4.79 Å². The van der Waals surface area contributed by atoms with E-state index >= 15 is 0 Å². The van der Waals surface area contributed by atoms with Crippen molar-refractivity contribution in [3.05, 3.63) is 66.5 Å². The highest BCUT2D eigenvalue weighted by atomic mass is 35.5. The van der Waals surface area contributed by atoms with Gasteiger partial charge in [0, 0.05) is 26.9 Å². The number of amides is 1. The summed E-state index contributed by atoms with van der Waals surface area (Å²) in [6, 6.07) is 8.79. The number of esters is 1. The minimum absolute atomic E-state index is 0.0612. The summed E-state index contributed by atoms with van der Waals surface area (Å²) in [7, 11) is 0. The molecule has 0 aliphatic rings. The van der Waals surface area contributed by atoms with Gasteiger partial charge in [0.1, 0.15) is 9.90 Å². The number of carbonyl (C=O) groups excluding carboxylic acids is 2. The zero-order valence-electron chi connectivity index (χ0n) is 13.7. The molecule has 3 aromatic rings. The third-order valence-corrected chi connectivity index (χ3v) is 5.73. The molecule has 0 bridgehead atoms. The molecular formula is C17H9Cl3N2O5S. The number of hydrogen-bond acceptors (Lipinski definition) is 6. The molecule has 28 heavy (non-hydrogen) atoms. The monoisotopic (exact) mass is 458 g/mol. The molecule has 1 heterocycles. The lowest BCUT2D eigenvalue weighted by molar-refractivity contribution is -0.384. The molecular weight excluding hydrogens is 451 g/mol. The van der Waals surface area contributed by atoms with Crippen LogP contribution in [0.25, 0.3) is 10.1 Å². The molecule has 3 rings (SSSR count). The van der Waals surface area contributed by atoms with Crippen molar-refractivity contribution in [1.29, 1.82) is 0 Å². The number of ether oxygens (including phenoxy) is 1. The largest absolute Gasteiger partial charge is 0.451 e. The maximum Gasteiger partial charge on any atom is 0.350 e. The molecule has 0 saturated carbocycles. The minimum Gasteiger partial charge on any atom is -0.451 e. The highest BCUT2D eigenvalue weighted by molar-refractivity contribution is 7.21. The fourth-order valence-electron chi connectivity index (χ4n) is 2.29. The van der Waals surface area contributed by atoms with Gasteiger partial charge in [-0.2, -0.15) is 0 Å². The lowest BCUT2D eigenvalue weighted by atomic mass is 10.2. The molecule has 7 nitrogen and oxygen atoms in total. The van der Waals surface area contributed by atoms with Crippen LogP contribution in [0.4, 0.5) is 11.4 Å². The number of rotatable bonds is 5. The molecule has 0 spiro atoms. The van der Waals surface area contributed by atoms with Crippen LogP contribution in [0.1, 0.15) is 9.67 Å². The molecule has 0 unspecified atom stereocenters. The van der Waals surface area contributed by atoms with E-state index < -0.39 is 23.4 Å². The number of fused-ring (bicyclic) bond motifs is 1. The number of carbonyl (C=O) groups is 2. The first-order chi connectivity index (χ1) is 13.3. The fourth-order valence-corrected chi connectivity index (χ4v) is 4.16. The Labute approximate surface area is 176 Å². The minimum atomic E-state index is -0.764. The number of nitro benzene ring substituents is 1. The van der Waals surface area contributed by atoms with E-state index in [-0.39, 0.29) is 26.3 Å². The molecule has 1 aromatic heterocycles. The van der Waals surface area contributed by atoms with E-state index in [4.69, 9.17) is 39.5 Å². The lowest BCUT2D eigenvalue weighted by Crippen LogP contribution is -2.20. The summed E-state index contributed by atoms with van der Waals surface area (Å²) in [6.07, 6.45) is 0. The van der Waals surface area contributed by atoms with Gasteiger partial charge in [0.05, 0.1) is 9.95 Å². The van der Waals surface area contributed by atoms with E-state index in [1.54, 1.807) is 18.2 Å². The van der Waals surface area contributed by atoms with Crippen LogP contribution in [-0.4, -0.2) is 23.4 Å². The maximum atomic E-state index is 12.2. The van der Waals surface area contributed by atoms with Gasteiger partial charge in [0.25, 0.3) is 11.6 Å². The zero-order valence-corrected chi connectivity index (χ0v) is 16.8. The van der Waals surface area contributed by atoms with Crippen molar-refractivity contribution in [2.45, 2.75) is 0 Å². The average molecular weight is 460 g/mol. The number of halogens is 3. The normalized spacial score (nSPS) is 10.7. The first-order valence-corrected chi connectivity index (χ1v) is 9.50. The summed E-state index contributed by atoms with van der Waals surface area (Å²) in [5, 5.41) is 14.6. The number of nitrogens with one attached hydrogen (secondary N) is 1. The van der Waals surface area contributed by atoms with Gasteiger partial charge in [-0.3, -0.25) is 14.9 Å². The number of nitro groups is 1. The maximum absolute atomic E-state index is 12.2. The van der Waals surface area contributed by atoms with E-state index in [9.17, 15) is 19.7 Å². The Kier molecular flexibility index (Phi) is 6.04. The van der Waals surface area contributed by atoms with Gasteiger partial charge in [0.15, 0.2) is 6.61 Å². The van der Waals surface area contributed by atoms with Crippen molar-refractivity contribution in [3.63, 3.8) is 0 Å². The summed E-state index contributed by atoms with van der Waals surface area (Å²) < 4.78 is 5.70. The van der Waals surface area contributed by atoms with Crippen LogP contribution in [0.2, 0.25) is 15.1 Å². The third-order valence-electron chi connectivity index (χ3n) is 3.54. The molecule has 0 radical (unpaired) electrons. The highest BCUT2D eigenvalue weighted by Crippen LogP contribution is 2.37. The van der Waals surface area contributed by atoms with Gasteiger partial charge < -0.3 is 10.1 Å². The van der Waals surface area contributed by atoms with Gasteiger partial charge in [-0.15, -0.1) is 11.3 Å². The highest BCUT2D eigenvalue weighted by Gasteiger charge is 2.20. The Hall–Kier alpha value is -2.39. The van der Waals surface area contributed by atoms with Crippen molar-refractivity contribution in [2.24, 2.45) is 0 Å². The first-order valence-electron chi connectivity index (χ1n) is 7.54. The predicted molar refractivity (Wildman–Crippen MR) is 109 cm³/mol. The Balaban J connectivity index is 1.66. The van der Waals surface area contributed by atoms with E-state index in [1.807, 2.05) is 0 Å². The zero-order chi connectivity index (χ0) is 20.4. The van der Waals surface area contributed by atoms with Crippen molar-refractivity contribution in [2.75, 3.05) is 11.9 Å². The third kappa shape index (κ3) is 4.36. The standard InChI is InChI=1S/C17H9Cl3N2O5S/c18-8-1-3-10-13(5-8)28-16(15(10)20)17(24)27-7-14(23)21-9-2-4-11(19)12(6-9)22(25)26/h1-6H,7H2,(H,21,23). The van der Waals surface area contributed by atoms with Gasteiger partial charge in [-0.1, -0.05) is 40.9 Å². The molecule has 0 fully saturated rings. The summed E-state index contributed by atoms with van der Waals surface area (Å²) in [4.78, 5) is 34.6. The second-order valence-electron chi connectivity index (χ2n) is 5.43. The van der Waals surface area contributed by atoms with Crippen molar-refractivity contribution in [1.82, 2.24) is 0 Å². The summed E-state index contributed by atoms with van der Waals surface area (Å²) in [6.45, 7) is -0.597. The van der Waals surface area contributed by atoms with Crippen molar-refractivity contribution in [3.8, 4) is 0 Å². The molecule has 11 heteroatoms. The van der Waals surface area contributed by atoms with Gasteiger partial charge in [-0.05, 0) is 24.3 Å². The van der Waals surface area contributed by atoms with Crippen LogP contribution in [0.15, 0.2) is 36.4 Å². The molecule has 1 N–H and O–H groups in total. The first kappa shape index (κ1) is 20.3. The van der Waals surface area contributed by atoms with Crippen LogP contribution >= 0.6 is 46.1 Å². The Morgan fingerprint density at radius 1 is 1.14 bits per heavy atom. The predicted octanol–water partition coefficient (Wildman–Crippen LogP) is 5.57. The van der Waals surface area contributed by atoms with Crippen LogP contribution < -0.4 is 5.32 Å². The van der Waals surface area contributed by atoms with Crippen LogP contribution in [0.3, 0.4) is 0 Å².